The highest BCUT2D eigenvalue weighted by Gasteiger charge is 2.29. The van der Waals surface area contributed by atoms with E-state index < -0.39 is 0 Å². The van der Waals surface area contributed by atoms with E-state index in [-0.39, 0.29) is 5.28 Å². The predicted octanol–water partition coefficient (Wildman–Crippen LogP) is 0.695. The maximum atomic E-state index is 5.88. The van der Waals surface area contributed by atoms with Crippen molar-refractivity contribution in [2.75, 3.05) is 12.4 Å². The molecule has 1 fully saturated rings. The van der Waals surface area contributed by atoms with E-state index in [2.05, 4.69) is 30.4 Å². The third kappa shape index (κ3) is 2.64. The Morgan fingerprint density at radius 2 is 2.21 bits per heavy atom. The van der Waals surface area contributed by atoms with Crippen LogP contribution in [0.5, 0.6) is 0 Å². The van der Waals surface area contributed by atoms with Gasteiger partial charge in [-0.15, -0.1) is 0 Å². The molecule has 0 aromatic carbocycles. The fourth-order valence-electron chi connectivity index (χ4n) is 1.88. The molecule has 0 unspecified atom stereocenters. The van der Waals surface area contributed by atoms with Crippen LogP contribution in [0.1, 0.15) is 12.8 Å². The molecule has 2 aromatic rings. The van der Waals surface area contributed by atoms with Gasteiger partial charge in [0.2, 0.25) is 11.2 Å². The van der Waals surface area contributed by atoms with Crippen molar-refractivity contribution < 1.29 is 4.74 Å². The summed E-state index contributed by atoms with van der Waals surface area (Å²) in [6, 6.07) is 0.298. The Hall–Kier alpha value is -1.80. The lowest BCUT2D eigenvalue weighted by Gasteiger charge is -2.34. The molecule has 0 saturated heterocycles. The Balaban J connectivity index is 1.75. The topological polar surface area (TPSA) is 90.6 Å². The minimum absolute atomic E-state index is 0.116. The van der Waals surface area contributed by atoms with Gasteiger partial charge in [-0.2, -0.15) is 24.7 Å². The number of methoxy groups -OCH3 is 1. The van der Waals surface area contributed by atoms with E-state index in [1.54, 1.807) is 7.11 Å². The first-order chi connectivity index (χ1) is 9.24. The molecule has 2 aromatic heterocycles. The van der Waals surface area contributed by atoms with Crippen molar-refractivity contribution in [2.45, 2.75) is 25.0 Å². The quantitative estimate of drug-likeness (QED) is 0.882. The molecule has 0 bridgehead atoms. The first-order valence-electron chi connectivity index (χ1n) is 5.80. The normalized spacial score (nSPS) is 22.0. The predicted molar refractivity (Wildman–Crippen MR) is 67.2 cm³/mol. The highest BCUT2D eigenvalue weighted by atomic mass is 35.5. The highest BCUT2D eigenvalue weighted by molar-refractivity contribution is 6.28. The van der Waals surface area contributed by atoms with Crippen LogP contribution in [0.2, 0.25) is 5.28 Å². The van der Waals surface area contributed by atoms with Crippen molar-refractivity contribution in [3.8, 4) is 5.95 Å². The minimum Gasteiger partial charge on any atom is -0.381 e. The van der Waals surface area contributed by atoms with Gasteiger partial charge in [-0.25, -0.2) is 4.98 Å². The Labute approximate surface area is 114 Å². The van der Waals surface area contributed by atoms with Crippen molar-refractivity contribution in [3.63, 3.8) is 0 Å². The van der Waals surface area contributed by atoms with Crippen LogP contribution in [0.3, 0.4) is 0 Å². The lowest BCUT2D eigenvalue weighted by Crippen LogP contribution is -2.40. The minimum atomic E-state index is 0.116. The molecule has 1 N–H and O–H groups in total. The number of rotatable bonds is 4. The van der Waals surface area contributed by atoms with E-state index in [0.29, 0.717) is 24.0 Å². The summed E-state index contributed by atoms with van der Waals surface area (Å²) in [5.74, 6) is 0.771. The van der Waals surface area contributed by atoms with Gasteiger partial charge < -0.3 is 10.1 Å². The molecule has 8 nitrogen and oxygen atoms in total. The largest absolute Gasteiger partial charge is 0.381 e. The molecule has 19 heavy (non-hydrogen) atoms. The fourth-order valence-corrected chi connectivity index (χ4v) is 2.03. The lowest BCUT2D eigenvalue weighted by molar-refractivity contribution is 0.0327. The van der Waals surface area contributed by atoms with Gasteiger partial charge in [0.15, 0.2) is 0 Å². The number of hydrogen-bond acceptors (Lipinski definition) is 7. The Bertz CT molecular complexity index is 555. The summed E-state index contributed by atoms with van der Waals surface area (Å²) in [4.78, 5) is 16.1. The van der Waals surface area contributed by atoms with Crippen LogP contribution in [-0.2, 0) is 4.74 Å². The summed E-state index contributed by atoms with van der Waals surface area (Å²) in [6.45, 7) is 0. The molecule has 0 radical (unpaired) electrons. The number of nitrogens with zero attached hydrogens (tertiary/aromatic N) is 6. The van der Waals surface area contributed by atoms with Crippen LogP contribution in [0.4, 0.5) is 5.95 Å². The van der Waals surface area contributed by atoms with Crippen LogP contribution in [0.25, 0.3) is 5.95 Å². The highest BCUT2D eigenvalue weighted by Crippen LogP contribution is 2.25. The molecule has 3 rings (SSSR count). The number of anilines is 1. The number of ether oxygens (including phenoxy) is 1. The van der Waals surface area contributed by atoms with Gasteiger partial charge in [0.25, 0.3) is 5.95 Å². The van der Waals surface area contributed by atoms with Gasteiger partial charge in [0.1, 0.15) is 12.7 Å². The Morgan fingerprint density at radius 3 is 2.89 bits per heavy atom. The van der Waals surface area contributed by atoms with Crippen LogP contribution in [0, 0.1) is 0 Å². The van der Waals surface area contributed by atoms with Crippen LogP contribution < -0.4 is 5.32 Å². The number of hydrogen-bond donors (Lipinski definition) is 1. The summed E-state index contributed by atoms with van der Waals surface area (Å²) in [5, 5.41) is 7.27. The van der Waals surface area contributed by atoms with Gasteiger partial charge >= 0.3 is 0 Å². The third-order valence-electron chi connectivity index (χ3n) is 2.98. The molecular formula is C10H12ClN7O. The van der Waals surface area contributed by atoms with Crippen LogP contribution >= 0.6 is 11.6 Å². The van der Waals surface area contributed by atoms with Gasteiger partial charge in [0.05, 0.1) is 6.10 Å². The second-order valence-corrected chi connectivity index (χ2v) is 4.58. The lowest BCUT2D eigenvalue weighted by atomic mass is 9.89. The smallest absolute Gasteiger partial charge is 0.258 e. The van der Waals surface area contributed by atoms with Gasteiger partial charge in [-0.1, -0.05) is 0 Å². The molecular weight excluding hydrogens is 270 g/mol. The van der Waals surface area contributed by atoms with E-state index in [9.17, 15) is 0 Å². The SMILES string of the molecule is COC1CC(Nc2nc(Cl)nc(-n3cncn3)n2)C1. The summed E-state index contributed by atoms with van der Waals surface area (Å²) >= 11 is 5.88. The number of nitrogens with one attached hydrogen (secondary N) is 1. The third-order valence-corrected chi connectivity index (χ3v) is 3.15. The zero-order valence-corrected chi connectivity index (χ0v) is 10.9. The van der Waals surface area contributed by atoms with Gasteiger partial charge in [0, 0.05) is 13.2 Å². The van der Waals surface area contributed by atoms with Crippen molar-refractivity contribution >= 4 is 17.5 Å². The summed E-state index contributed by atoms with van der Waals surface area (Å²) in [6.07, 6.45) is 5.07. The molecule has 0 aliphatic heterocycles. The molecule has 1 aliphatic rings. The zero-order chi connectivity index (χ0) is 13.2. The van der Waals surface area contributed by atoms with E-state index in [1.807, 2.05) is 0 Å². The number of aromatic nitrogens is 6. The Kier molecular flexibility index (Phi) is 3.26. The standard InChI is InChI=1S/C10H12ClN7O/c1-19-7-2-6(3-7)14-9-15-8(11)16-10(17-9)18-5-12-4-13-18/h4-7H,2-3H2,1H3,(H,14,15,16,17). The number of halogens is 1. The van der Waals surface area contributed by atoms with Crippen molar-refractivity contribution in [2.24, 2.45) is 0 Å². The van der Waals surface area contributed by atoms with Crippen LogP contribution in [0.15, 0.2) is 12.7 Å². The van der Waals surface area contributed by atoms with Gasteiger partial charge in [-0.3, -0.25) is 0 Å². The summed E-state index contributed by atoms with van der Waals surface area (Å²) < 4.78 is 6.65. The maximum absolute atomic E-state index is 5.88. The first-order valence-corrected chi connectivity index (χ1v) is 6.18. The second-order valence-electron chi connectivity index (χ2n) is 4.24. The average Bonchev–Trinajstić information content (AvgIpc) is 2.86. The Morgan fingerprint density at radius 1 is 1.37 bits per heavy atom. The zero-order valence-electron chi connectivity index (χ0n) is 10.2. The monoisotopic (exact) mass is 281 g/mol. The van der Waals surface area contributed by atoms with Crippen LogP contribution in [-0.4, -0.2) is 49.0 Å². The molecule has 2 heterocycles. The molecule has 9 heteroatoms. The van der Waals surface area contributed by atoms with Crippen molar-refractivity contribution in [3.05, 3.63) is 17.9 Å². The van der Waals surface area contributed by atoms with E-state index in [4.69, 9.17) is 16.3 Å². The molecule has 0 amide bonds. The first kappa shape index (κ1) is 12.2. The molecule has 100 valence electrons. The molecule has 0 atom stereocenters. The van der Waals surface area contributed by atoms with E-state index in [1.165, 1.54) is 17.3 Å². The van der Waals surface area contributed by atoms with E-state index in [0.717, 1.165) is 12.8 Å². The van der Waals surface area contributed by atoms with E-state index >= 15 is 0 Å². The molecule has 0 spiro atoms. The van der Waals surface area contributed by atoms with Crippen molar-refractivity contribution in [1.29, 1.82) is 0 Å². The summed E-state index contributed by atoms with van der Waals surface area (Å²) in [5.41, 5.74) is 0. The van der Waals surface area contributed by atoms with Gasteiger partial charge in [-0.05, 0) is 24.4 Å². The summed E-state index contributed by atoms with van der Waals surface area (Å²) in [7, 11) is 1.71. The molecule has 1 aliphatic carbocycles. The molecule has 1 saturated carbocycles. The fraction of sp³-hybridized carbons (Fsp3) is 0.500. The second kappa shape index (κ2) is 5.06. The van der Waals surface area contributed by atoms with Crippen molar-refractivity contribution in [1.82, 2.24) is 29.7 Å². The average molecular weight is 282 g/mol. The maximum Gasteiger partial charge on any atom is 0.258 e.